The van der Waals surface area contributed by atoms with Gasteiger partial charge in [0.25, 0.3) is 5.79 Å². The molecule has 224 valence electrons. The van der Waals surface area contributed by atoms with E-state index in [0.29, 0.717) is 40.6 Å². The van der Waals surface area contributed by atoms with E-state index in [2.05, 4.69) is 37.4 Å². The molecule has 0 bridgehead atoms. The van der Waals surface area contributed by atoms with Gasteiger partial charge in [-0.25, -0.2) is 14.8 Å². The first-order chi connectivity index (χ1) is 21.4. The number of aromatic nitrogens is 5. The minimum Gasteiger partial charge on any atom is -0.446 e. The molecule has 8 rings (SSSR count). The van der Waals surface area contributed by atoms with Gasteiger partial charge in [-0.3, -0.25) is 9.88 Å². The summed E-state index contributed by atoms with van der Waals surface area (Å²) in [5.41, 5.74) is 5.15. The Morgan fingerprint density at radius 1 is 1.05 bits per heavy atom. The maximum atomic E-state index is 13.1. The molecule has 3 aromatic heterocycles. The van der Waals surface area contributed by atoms with Crippen LogP contribution in [0.25, 0.3) is 11.0 Å². The van der Waals surface area contributed by atoms with Crippen LogP contribution in [-0.2, 0) is 23.6 Å². The van der Waals surface area contributed by atoms with Gasteiger partial charge in [-0.1, -0.05) is 23.7 Å². The summed E-state index contributed by atoms with van der Waals surface area (Å²) >= 11 is 6.04. The number of rotatable bonds is 8. The lowest BCUT2D eigenvalue weighted by molar-refractivity contribution is -0.0721. The Morgan fingerprint density at radius 2 is 1.91 bits per heavy atom. The van der Waals surface area contributed by atoms with Crippen molar-refractivity contribution in [3.63, 3.8) is 0 Å². The maximum Gasteiger partial charge on any atom is 0.339 e. The molecule has 0 N–H and O–H groups in total. The molecule has 5 heterocycles. The molecule has 2 aromatic carbocycles. The van der Waals surface area contributed by atoms with Crippen LogP contribution in [-0.4, -0.2) is 54.8 Å². The van der Waals surface area contributed by atoms with Crippen molar-refractivity contribution in [1.82, 2.24) is 29.0 Å². The number of fused-ring (bicyclic) bond motifs is 3. The molecule has 0 radical (unpaired) electrons. The number of pyridine rings is 1. The van der Waals surface area contributed by atoms with Crippen molar-refractivity contribution in [1.29, 1.82) is 0 Å². The van der Waals surface area contributed by atoms with Gasteiger partial charge >= 0.3 is 5.97 Å². The number of ether oxygens (including phenoxy) is 3. The normalized spacial score (nSPS) is 23.7. The summed E-state index contributed by atoms with van der Waals surface area (Å²) in [5.74, 6) is 1.51. The van der Waals surface area contributed by atoms with Crippen LogP contribution in [0.3, 0.4) is 0 Å². The Labute approximate surface area is 259 Å². The fraction of sp³-hybridized carbons (Fsp3) is 0.333. The quantitative estimate of drug-likeness (QED) is 0.214. The fourth-order valence-corrected chi connectivity index (χ4v) is 6.93. The summed E-state index contributed by atoms with van der Waals surface area (Å²) in [6, 6.07) is 15.2. The van der Waals surface area contributed by atoms with Crippen molar-refractivity contribution < 1.29 is 19.0 Å². The Balaban J connectivity index is 0.898. The topological polar surface area (TPSA) is 96.5 Å². The molecule has 3 atom stereocenters. The van der Waals surface area contributed by atoms with E-state index in [4.69, 9.17) is 25.8 Å². The van der Waals surface area contributed by atoms with Crippen LogP contribution < -0.4 is 9.47 Å². The molecule has 0 amide bonds. The number of imidazole rings is 2. The molecule has 0 spiro atoms. The van der Waals surface area contributed by atoms with Gasteiger partial charge in [0.05, 0.1) is 46.5 Å². The molecule has 11 heteroatoms. The van der Waals surface area contributed by atoms with Gasteiger partial charge in [0.2, 0.25) is 0 Å². The van der Waals surface area contributed by atoms with Crippen molar-refractivity contribution in [2.75, 3.05) is 19.8 Å². The smallest absolute Gasteiger partial charge is 0.339 e. The average Bonchev–Trinajstić information content (AvgIpc) is 3.56. The standard InChI is InChI=1S/C33H31ClN6O4/c1-3-39-17-35-13-22(39)14-40-18-37-26-9-7-20(11-27(26)40)32(41)42-19-38-15-24-25(16-38)30(24)23-5-4-6-28-31(23)44-33(2,43-28)29-10-8-21(34)12-36-29/h4-13,17-18,24-25,30H,3,14-16,19H2,1-2H3. The van der Waals surface area contributed by atoms with Gasteiger partial charge < -0.3 is 23.3 Å². The van der Waals surface area contributed by atoms with Gasteiger partial charge in [-0.15, -0.1) is 0 Å². The molecule has 44 heavy (non-hydrogen) atoms. The van der Waals surface area contributed by atoms with Gasteiger partial charge in [-0.2, -0.15) is 0 Å². The molecule has 2 fully saturated rings. The van der Waals surface area contributed by atoms with Gasteiger partial charge in [-0.05, 0) is 61.1 Å². The zero-order valence-corrected chi connectivity index (χ0v) is 25.1. The second-order valence-electron chi connectivity index (χ2n) is 11.9. The predicted octanol–water partition coefficient (Wildman–Crippen LogP) is 5.45. The summed E-state index contributed by atoms with van der Waals surface area (Å²) in [6.45, 7) is 7.42. The number of benzene rings is 2. The lowest BCUT2D eigenvalue weighted by Crippen LogP contribution is -2.32. The van der Waals surface area contributed by atoms with E-state index in [-0.39, 0.29) is 12.7 Å². The lowest BCUT2D eigenvalue weighted by Gasteiger charge is -2.22. The highest BCUT2D eigenvalue weighted by molar-refractivity contribution is 6.30. The molecule has 5 aromatic rings. The number of halogens is 1. The maximum absolute atomic E-state index is 13.1. The number of carbonyl (C=O) groups is 1. The first kappa shape index (κ1) is 27.2. The SMILES string of the molecule is CCn1cncc1Cn1cnc2ccc(C(=O)OCN3CC4C(C3)C4c3cccc4c3OC(C)(c3ccc(Cl)cn3)O4)cc21. The first-order valence-electron chi connectivity index (χ1n) is 14.9. The van der Waals surface area contributed by atoms with Crippen molar-refractivity contribution >= 4 is 28.6 Å². The number of likely N-dealkylation sites (tertiary alicyclic amines) is 1. The highest BCUT2D eigenvalue weighted by Crippen LogP contribution is 2.62. The second kappa shape index (κ2) is 10.3. The van der Waals surface area contributed by atoms with E-state index in [1.54, 1.807) is 24.7 Å². The molecular formula is C33H31ClN6O4. The van der Waals surface area contributed by atoms with Crippen LogP contribution >= 0.6 is 11.6 Å². The molecule has 1 saturated heterocycles. The minimum atomic E-state index is -1.01. The summed E-state index contributed by atoms with van der Waals surface area (Å²) in [4.78, 5) is 28.5. The number of para-hydroxylation sites is 1. The zero-order chi connectivity index (χ0) is 30.0. The van der Waals surface area contributed by atoms with Crippen LogP contribution in [0.2, 0.25) is 5.02 Å². The largest absolute Gasteiger partial charge is 0.446 e. The van der Waals surface area contributed by atoms with Crippen LogP contribution in [0.15, 0.2) is 73.6 Å². The van der Waals surface area contributed by atoms with E-state index in [1.165, 1.54) is 5.56 Å². The Kier molecular flexibility index (Phi) is 6.39. The molecule has 1 aliphatic carbocycles. The van der Waals surface area contributed by atoms with E-state index < -0.39 is 5.79 Å². The average molecular weight is 611 g/mol. The van der Waals surface area contributed by atoms with Crippen LogP contribution in [0.4, 0.5) is 0 Å². The number of hydrogen-bond donors (Lipinski definition) is 0. The minimum absolute atomic E-state index is 0.262. The third-order valence-electron chi connectivity index (χ3n) is 9.14. The van der Waals surface area contributed by atoms with Crippen LogP contribution in [0.5, 0.6) is 11.5 Å². The van der Waals surface area contributed by atoms with Crippen molar-refractivity contribution in [3.05, 3.63) is 101 Å². The molecule has 10 nitrogen and oxygen atoms in total. The number of piperidine rings is 1. The monoisotopic (exact) mass is 610 g/mol. The predicted molar refractivity (Wildman–Crippen MR) is 163 cm³/mol. The number of esters is 1. The zero-order valence-electron chi connectivity index (χ0n) is 24.4. The van der Waals surface area contributed by atoms with Crippen molar-refractivity contribution in [3.8, 4) is 11.5 Å². The third kappa shape index (κ3) is 4.60. The first-order valence-corrected chi connectivity index (χ1v) is 15.2. The summed E-state index contributed by atoms with van der Waals surface area (Å²) in [6.07, 6.45) is 7.09. The summed E-state index contributed by atoms with van der Waals surface area (Å²) in [5, 5.41) is 0.565. The van der Waals surface area contributed by atoms with Gasteiger partial charge in [0.15, 0.2) is 11.5 Å². The van der Waals surface area contributed by atoms with E-state index >= 15 is 0 Å². The Hall–Kier alpha value is -4.41. The van der Waals surface area contributed by atoms with Gasteiger partial charge in [0, 0.05) is 44.5 Å². The molecule has 2 aliphatic heterocycles. The number of aryl methyl sites for hydroxylation is 1. The van der Waals surface area contributed by atoms with Gasteiger partial charge in [0.1, 0.15) is 12.4 Å². The van der Waals surface area contributed by atoms with Crippen LogP contribution in [0, 0.1) is 11.8 Å². The van der Waals surface area contributed by atoms with Crippen molar-refractivity contribution in [2.45, 2.75) is 38.6 Å². The highest BCUT2D eigenvalue weighted by atomic mass is 35.5. The number of hydrogen-bond acceptors (Lipinski definition) is 8. The van der Waals surface area contributed by atoms with Crippen molar-refractivity contribution in [2.24, 2.45) is 11.8 Å². The molecule has 3 unspecified atom stereocenters. The summed E-state index contributed by atoms with van der Waals surface area (Å²) in [7, 11) is 0. The highest BCUT2D eigenvalue weighted by Gasteiger charge is 2.58. The Morgan fingerprint density at radius 3 is 2.70 bits per heavy atom. The summed E-state index contributed by atoms with van der Waals surface area (Å²) < 4.78 is 22.6. The van der Waals surface area contributed by atoms with E-state index in [0.717, 1.165) is 47.9 Å². The van der Waals surface area contributed by atoms with Crippen LogP contribution in [0.1, 0.15) is 47.1 Å². The third-order valence-corrected chi connectivity index (χ3v) is 9.36. The molecule has 1 saturated carbocycles. The number of nitrogens with zero attached hydrogens (tertiary/aromatic N) is 6. The molecule has 3 aliphatic rings. The fourth-order valence-electron chi connectivity index (χ4n) is 6.82. The Bertz CT molecular complexity index is 1880. The van der Waals surface area contributed by atoms with E-state index in [1.807, 2.05) is 54.3 Å². The number of carbonyl (C=O) groups excluding carboxylic acids is 1. The molecular weight excluding hydrogens is 580 g/mol. The van der Waals surface area contributed by atoms with E-state index in [9.17, 15) is 4.79 Å². The lowest BCUT2D eigenvalue weighted by atomic mass is 10.1. The second-order valence-corrected chi connectivity index (χ2v) is 12.3.